The highest BCUT2D eigenvalue weighted by atomic mass is 16.4. The monoisotopic (exact) mass is 340 g/mol. The number of unbranched alkanes of at least 4 members (excludes halogenated alkanes) is 1. The van der Waals surface area contributed by atoms with E-state index in [9.17, 15) is 9.59 Å². The van der Waals surface area contributed by atoms with Crippen molar-refractivity contribution >= 4 is 22.8 Å². The summed E-state index contributed by atoms with van der Waals surface area (Å²) in [4.78, 5) is 25.4. The van der Waals surface area contributed by atoms with Crippen molar-refractivity contribution < 1.29 is 14.7 Å². The number of nitrogens with zero attached hydrogens (tertiary/aromatic N) is 1. The number of fused-ring (bicyclic) bond motifs is 1. The van der Waals surface area contributed by atoms with Crippen LogP contribution in [-0.2, 0) is 11.2 Å². The molecule has 0 saturated carbocycles. The minimum Gasteiger partial charge on any atom is -0.465 e. The molecule has 2 N–H and O–H groups in total. The Kier molecular flexibility index (Phi) is 6.57. The van der Waals surface area contributed by atoms with Gasteiger partial charge in [-0.2, -0.15) is 0 Å². The van der Waals surface area contributed by atoms with Gasteiger partial charge in [-0.1, -0.05) is 48.5 Å². The van der Waals surface area contributed by atoms with Crippen molar-refractivity contribution in [2.75, 3.05) is 13.6 Å². The first-order valence-corrected chi connectivity index (χ1v) is 8.35. The number of carbonyl (C=O) groups is 2. The van der Waals surface area contributed by atoms with E-state index in [0.29, 0.717) is 13.0 Å². The van der Waals surface area contributed by atoms with Crippen LogP contribution in [0.1, 0.15) is 18.4 Å². The number of amides is 2. The minimum absolute atomic E-state index is 0.223. The smallest absolute Gasteiger partial charge is 0.405 e. The predicted molar refractivity (Wildman–Crippen MR) is 99.7 cm³/mol. The Balaban J connectivity index is 2.20. The van der Waals surface area contributed by atoms with E-state index in [4.69, 9.17) is 5.11 Å². The van der Waals surface area contributed by atoms with Crippen LogP contribution in [-0.4, -0.2) is 41.6 Å². The molecule has 0 aliphatic heterocycles. The second-order valence-corrected chi connectivity index (χ2v) is 6.04. The molecule has 0 bridgehead atoms. The van der Waals surface area contributed by atoms with Crippen LogP contribution in [0.15, 0.2) is 55.1 Å². The lowest BCUT2D eigenvalue weighted by atomic mass is 9.98. The zero-order valence-corrected chi connectivity index (χ0v) is 14.4. The van der Waals surface area contributed by atoms with Gasteiger partial charge in [0, 0.05) is 20.0 Å². The largest absolute Gasteiger partial charge is 0.465 e. The zero-order valence-electron chi connectivity index (χ0n) is 14.4. The molecular weight excluding hydrogens is 316 g/mol. The molecule has 132 valence electrons. The van der Waals surface area contributed by atoms with E-state index >= 15 is 0 Å². The van der Waals surface area contributed by atoms with Crippen LogP contribution in [0.3, 0.4) is 0 Å². The first kappa shape index (κ1) is 18.5. The van der Waals surface area contributed by atoms with E-state index < -0.39 is 12.1 Å². The SMILES string of the molecule is C=CCCCN(C)C(=O)[C@H](Cc1cccc2ccccc12)NC(=O)O. The number of carbonyl (C=O) groups excluding carboxylic acids is 1. The van der Waals surface area contributed by atoms with Crippen LogP contribution < -0.4 is 5.32 Å². The predicted octanol–water partition coefficient (Wildman–Crippen LogP) is 3.44. The molecule has 2 aromatic carbocycles. The van der Waals surface area contributed by atoms with Gasteiger partial charge in [0.1, 0.15) is 6.04 Å². The van der Waals surface area contributed by atoms with Crippen molar-refractivity contribution in [3.05, 3.63) is 60.7 Å². The molecule has 2 rings (SSSR count). The fourth-order valence-electron chi connectivity index (χ4n) is 2.89. The molecule has 0 radical (unpaired) electrons. The molecule has 2 aromatic rings. The highest BCUT2D eigenvalue weighted by Gasteiger charge is 2.24. The highest BCUT2D eigenvalue weighted by molar-refractivity contribution is 5.89. The summed E-state index contributed by atoms with van der Waals surface area (Å²) >= 11 is 0. The highest BCUT2D eigenvalue weighted by Crippen LogP contribution is 2.20. The maximum absolute atomic E-state index is 12.7. The third-order valence-electron chi connectivity index (χ3n) is 4.18. The summed E-state index contributed by atoms with van der Waals surface area (Å²) in [6.45, 7) is 4.24. The number of allylic oxidation sites excluding steroid dienone is 1. The number of likely N-dealkylation sites (N-methyl/N-ethyl adjacent to an activating group) is 1. The van der Waals surface area contributed by atoms with Crippen molar-refractivity contribution in [2.24, 2.45) is 0 Å². The van der Waals surface area contributed by atoms with Crippen molar-refractivity contribution in [1.29, 1.82) is 0 Å². The molecule has 25 heavy (non-hydrogen) atoms. The first-order chi connectivity index (χ1) is 12.0. The Labute approximate surface area is 147 Å². The van der Waals surface area contributed by atoms with Crippen LogP contribution in [0.2, 0.25) is 0 Å². The Morgan fingerprint density at radius 3 is 2.68 bits per heavy atom. The maximum Gasteiger partial charge on any atom is 0.405 e. The van der Waals surface area contributed by atoms with Gasteiger partial charge >= 0.3 is 6.09 Å². The van der Waals surface area contributed by atoms with Crippen molar-refractivity contribution in [2.45, 2.75) is 25.3 Å². The molecule has 5 nitrogen and oxygen atoms in total. The molecule has 1 atom stereocenters. The van der Waals surface area contributed by atoms with Gasteiger partial charge in [0.2, 0.25) is 5.91 Å². The number of nitrogens with one attached hydrogen (secondary N) is 1. The van der Waals surface area contributed by atoms with E-state index in [1.165, 1.54) is 0 Å². The third kappa shape index (κ3) is 5.08. The summed E-state index contributed by atoms with van der Waals surface area (Å²) in [6, 6.07) is 12.9. The molecule has 0 saturated heterocycles. The third-order valence-corrected chi connectivity index (χ3v) is 4.18. The molecule has 0 fully saturated rings. The molecule has 0 spiro atoms. The Morgan fingerprint density at radius 1 is 1.24 bits per heavy atom. The van der Waals surface area contributed by atoms with E-state index in [1.807, 2.05) is 42.5 Å². The summed E-state index contributed by atoms with van der Waals surface area (Å²) in [7, 11) is 1.70. The van der Waals surface area contributed by atoms with E-state index in [2.05, 4.69) is 11.9 Å². The van der Waals surface area contributed by atoms with Crippen LogP contribution in [0.4, 0.5) is 4.79 Å². The van der Waals surface area contributed by atoms with E-state index in [0.717, 1.165) is 29.2 Å². The number of carboxylic acid groups (broad SMARTS) is 1. The zero-order chi connectivity index (χ0) is 18.2. The summed E-state index contributed by atoms with van der Waals surface area (Å²) in [5.41, 5.74) is 0.949. The quantitative estimate of drug-likeness (QED) is 0.571. The average Bonchev–Trinajstić information content (AvgIpc) is 2.60. The van der Waals surface area contributed by atoms with Gasteiger partial charge in [-0.3, -0.25) is 4.79 Å². The second kappa shape index (κ2) is 8.87. The molecule has 5 heteroatoms. The molecule has 0 unspecified atom stereocenters. The summed E-state index contributed by atoms with van der Waals surface area (Å²) in [6.07, 6.45) is 2.55. The van der Waals surface area contributed by atoms with Gasteiger partial charge in [0.15, 0.2) is 0 Å². The minimum atomic E-state index is -1.20. The van der Waals surface area contributed by atoms with Gasteiger partial charge < -0.3 is 15.3 Å². The number of benzene rings is 2. The lowest BCUT2D eigenvalue weighted by molar-refractivity contribution is -0.132. The number of hydrogen-bond acceptors (Lipinski definition) is 2. The van der Waals surface area contributed by atoms with Crippen molar-refractivity contribution in [3.8, 4) is 0 Å². The maximum atomic E-state index is 12.7. The lowest BCUT2D eigenvalue weighted by Gasteiger charge is -2.24. The van der Waals surface area contributed by atoms with Crippen LogP contribution in [0.25, 0.3) is 10.8 Å². The standard InChI is InChI=1S/C20H24N2O3/c1-3-4-7-13-22(2)19(23)18(21-20(24)25)14-16-11-8-10-15-9-5-6-12-17(15)16/h3,5-6,8-12,18,21H,1,4,7,13-14H2,2H3,(H,24,25)/t18-/m0/s1. The topological polar surface area (TPSA) is 69.6 Å². The number of rotatable bonds is 8. The Hall–Kier alpha value is -2.82. The molecule has 0 aromatic heterocycles. The van der Waals surface area contributed by atoms with Gasteiger partial charge in [-0.15, -0.1) is 6.58 Å². The van der Waals surface area contributed by atoms with Crippen LogP contribution in [0, 0.1) is 0 Å². The van der Waals surface area contributed by atoms with Gasteiger partial charge in [0.05, 0.1) is 0 Å². The lowest BCUT2D eigenvalue weighted by Crippen LogP contribution is -2.48. The van der Waals surface area contributed by atoms with E-state index in [1.54, 1.807) is 18.0 Å². The summed E-state index contributed by atoms with van der Waals surface area (Å²) in [5.74, 6) is -0.223. The average molecular weight is 340 g/mol. The van der Waals surface area contributed by atoms with Crippen LogP contribution >= 0.6 is 0 Å². The van der Waals surface area contributed by atoms with Crippen molar-refractivity contribution in [3.63, 3.8) is 0 Å². The van der Waals surface area contributed by atoms with Gasteiger partial charge in [0.25, 0.3) is 0 Å². The van der Waals surface area contributed by atoms with Gasteiger partial charge in [-0.25, -0.2) is 4.79 Å². The molecule has 0 heterocycles. The number of hydrogen-bond donors (Lipinski definition) is 2. The van der Waals surface area contributed by atoms with Crippen molar-refractivity contribution in [1.82, 2.24) is 10.2 Å². The fourth-order valence-corrected chi connectivity index (χ4v) is 2.89. The Bertz CT molecular complexity index is 752. The summed E-state index contributed by atoms with van der Waals surface area (Å²) < 4.78 is 0. The summed E-state index contributed by atoms with van der Waals surface area (Å²) in [5, 5.41) is 13.6. The molecule has 0 aliphatic carbocycles. The Morgan fingerprint density at radius 2 is 1.96 bits per heavy atom. The van der Waals surface area contributed by atoms with Crippen LogP contribution in [0.5, 0.6) is 0 Å². The first-order valence-electron chi connectivity index (χ1n) is 8.35. The normalized spacial score (nSPS) is 11.7. The molecular formula is C20H24N2O3. The molecule has 0 aliphatic rings. The van der Waals surface area contributed by atoms with E-state index in [-0.39, 0.29) is 5.91 Å². The molecule has 2 amide bonds. The second-order valence-electron chi connectivity index (χ2n) is 6.04. The fraction of sp³-hybridized carbons (Fsp3) is 0.300. The van der Waals surface area contributed by atoms with Gasteiger partial charge in [-0.05, 0) is 29.2 Å².